The molecule has 2 rings (SSSR count). The van der Waals surface area contributed by atoms with Crippen LogP contribution < -0.4 is 4.74 Å². The second-order valence-corrected chi connectivity index (χ2v) is 5.97. The molecule has 1 amide bonds. The maximum absolute atomic E-state index is 12.5. The summed E-state index contributed by atoms with van der Waals surface area (Å²) in [4.78, 5) is 25.6. The topological polar surface area (TPSA) is 65.1 Å². The first-order chi connectivity index (χ1) is 13.1. The summed E-state index contributed by atoms with van der Waals surface area (Å²) >= 11 is 0. The fourth-order valence-electron chi connectivity index (χ4n) is 2.43. The summed E-state index contributed by atoms with van der Waals surface area (Å²) in [5.41, 5.74) is 2.03. The van der Waals surface area contributed by atoms with Crippen molar-refractivity contribution in [2.75, 3.05) is 33.5 Å². The number of hydrogen-bond acceptors (Lipinski definition) is 5. The van der Waals surface area contributed by atoms with Crippen LogP contribution in [-0.2, 0) is 25.6 Å². The van der Waals surface area contributed by atoms with E-state index in [1.54, 1.807) is 0 Å². The number of nitrogens with zero attached hydrogens (tertiary/aromatic N) is 1. The Kier molecular flexibility index (Phi) is 8.32. The van der Waals surface area contributed by atoms with E-state index in [1.807, 2.05) is 61.5 Å². The molecule has 0 radical (unpaired) electrons. The van der Waals surface area contributed by atoms with Gasteiger partial charge in [-0.2, -0.15) is 0 Å². The lowest BCUT2D eigenvalue weighted by molar-refractivity contribution is -0.149. The van der Waals surface area contributed by atoms with Crippen LogP contribution in [-0.4, -0.2) is 50.3 Å². The van der Waals surface area contributed by atoms with Crippen molar-refractivity contribution in [3.8, 4) is 5.75 Å². The van der Waals surface area contributed by atoms with E-state index in [-0.39, 0.29) is 25.7 Å². The Bertz CT molecular complexity index is 732. The fourth-order valence-corrected chi connectivity index (χ4v) is 2.43. The monoisotopic (exact) mass is 371 g/mol. The molecular weight excluding hydrogens is 346 g/mol. The number of methoxy groups -OCH3 is 1. The van der Waals surface area contributed by atoms with Gasteiger partial charge >= 0.3 is 5.97 Å². The van der Waals surface area contributed by atoms with Gasteiger partial charge in [-0.15, -0.1) is 0 Å². The van der Waals surface area contributed by atoms with Gasteiger partial charge in [0.2, 0.25) is 5.91 Å². The first kappa shape index (κ1) is 20.5. The maximum Gasteiger partial charge on any atom is 0.325 e. The van der Waals surface area contributed by atoms with Crippen molar-refractivity contribution in [3.05, 3.63) is 65.7 Å². The average Bonchev–Trinajstić information content (AvgIpc) is 2.69. The van der Waals surface area contributed by atoms with E-state index in [0.29, 0.717) is 13.2 Å². The van der Waals surface area contributed by atoms with Crippen LogP contribution in [0.25, 0.3) is 0 Å². The number of benzene rings is 2. The number of esters is 1. The number of carbonyl (C=O) groups is 2. The minimum absolute atomic E-state index is 0.118. The first-order valence-corrected chi connectivity index (χ1v) is 8.75. The van der Waals surface area contributed by atoms with Crippen LogP contribution in [0.3, 0.4) is 0 Å². The van der Waals surface area contributed by atoms with Gasteiger partial charge in [-0.3, -0.25) is 9.59 Å². The number of rotatable bonds is 10. The van der Waals surface area contributed by atoms with E-state index in [4.69, 9.17) is 14.2 Å². The van der Waals surface area contributed by atoms with Crippen LogP contribution in [0.1, 0.15) is 11.1 Å². The van der Waals surface area contributed by atoms with E-state index in [2.05, 4.69) is 0 Å². The van der Waals surface area contributed by atoms with Crippen LogP contribution in [0.4, 0.5) is 0 Å². The molecule has 144 valence electrons. The van der Waals surface area contributed by atoms with Crippen LogP contribution in [0.15, 0.2) is 54.6 Å². The van der Waals surface area contributed by atoms with Gasteiger partial charge < -0.3 is 19.1 Å². The predicted octanol–water partition coefficient (Wildman–Crippen LogP) is 2.59. The molecule has 2 aromatic rings. The summed E-state index contributed by atoms with van der Waals surface area (Å²) in [6, 6.07) is 17.1. The summed E-state index contributed by atoms with van der Waals surface area (Å²) in [5.74, 6) is 0.00649. The van der Waals surface area contributed by atoms with Crippen molar-refractivity contribution in [2.45, 2.75) is 13.5 Å². The third-order valence-corrected chi connectivity index (χ3v) is 3.99. The van der Waals surface area contributed by atoms with Crippen LogP contribution in [0.5, 0.6) is 5.75 Å². The Labute approximate surface area is 159 Å². The van der Waals surface area contributed by atoms with E-state index < -0.39 is 5.97 Å². The fraction of sp³-hybridized carbons (Fsp3) is 0.333. The van der Waals surface area contributed by atoms with Gasteiger partial charge in [-0.05, 0) is 30.2 Å². The maximum atomic E-state index is 12.5. The second kappa shape index (κ2) is 11.0. The molecule has 0 saturated heterocycles. The van der Waals surface area contributed by atoms with E-state index in [1.165, 1.54) is 12.0 Å². The normalized spacial score (nSPS) is 10.3. The molecule has 0 heterocycles. The largest absolute Gasteiger partial charge is 0.491 e. The summed E-state index contributed by atoms with van der Waals surface area (Å²) in [5, 5.41) is 0. The highest BCUT2D eigenvalue weighted by Gasteiger charge is 2.18. The number of hydrogen-bond donors (Lipinski definition) is 0. The van der Waals surface area contributed by atoms with Gasteiger partial charge in [0, 0.05) is 6.54 Å². The lowest BCUT2D eigenvalue weighted by atomic mass is 10.1. The molecule has 0 aliphatic carbocycles. The van der Waals surface area contributed by atoms with E-state index >= 15 is 0 Å². The molecule has 0 unspecified atom stereocenters. The number of carbonyl (C=O) groups excluding carboxylic acids is 2. The Morgan fingerprint density at radius 3 is 2.37 bits per heavy atom. The average molecular weight is 371 g/mol. The number of aryl methyl sites for hydroxylation is 1. The zero-order chi connectivity index (χ0) is 19.5. The van der Waals surface area contributed by atoms with Crippen molar-refractivity contribution in [2.24, 2.45) is 0 Å². The lowest BCUT2D eigenvalue weighted by Gasteiger charge is -2.22. The zero-order valence-corrected chi connectivity index (χ0v) is 15.7. The van der Waals surface area contributed by atoms with Crippen molar-refractivity contribution in [1.82, 2.24) is 4.90 Å². The highest BCUT2D eigenvalue weighted by molar-refractivity contribution is 5.82. The Morgan fingerprint density at radius 2 is 1.67 bits per heavy atom. The molecule has 2 aromatic carbocycles. The molecule has 0 aromatic heterocycles. The van der Waals surface area contributed by atoms with Crippen LogP contribution in [0, 0.1) is 6.92 Å². The Balaban J connectivity index is 1.83. The molecule has 0 spiro atoms. The minimum Gasteiger partial charge on any atom is -0.491 e. The lowest BCUT2D eigenvalue weighted by Crippen LogP contribution is -2.38. The SMILES string of the molecule is COC(=O)CN(Cc1ccccc1C)C(=O)COCCOc1ccccc1. The molecular formula is C21H25NO5. The van der Waals surface area contributed by atoms with Crippen molar-refractivity contribution < 1.29 is 23.8 Å². The molecule has 6 heteroatoms. The predicted molar refractivity (Wildman–Crippen MR) is 101 cm³/mol. The molecule has 0 fully saturated rings. The number of para-hydroxylation sites is 1. The molecule has 0 saturated carbocycles. The van der Waals surface area contributed by atoms with Gasteiger partial charge in [0.1, 0.15) is 25.5 Å². The van der Waals surface area contributed by atoms with E-state index in [0.717, 1.165) is 16.9 Å². The summed E-state index contributed by atoms with van der Waals surface area (Å²) in [7, 11) is 1.30. The van der Waals surface area contributed by atoms with E-state index in [9.17, 15) is 9.59 Å². The quantitative estimate of drug-likeness (QED) is 0.474. The standard InChI is InChI=1S/C21H25NO5/c1-17-8-6-7-9-18(17)14-22(15-21(24)25-2)20(23)16-26-12-13-27-19-10-4-3-5-11-19/h3-11H,12-16H2,1-2H3. The van der Waals surface area contributed by atoms with Gasteiger partial charge in [0.05, 0.1) is 13.7 Å². The van der Waals surface area contributed by atoms with Crippen molar-refractivity contribution in [3.63, 3.8) is 0 Å². The molecule has 6 nitrogen and oxygen atoms in total. The highest BCUT2D eigenvalue weighted by atomic mass is 16.5. The van der Waals surface area contributed by atoms with Gasteiger partial charge in [-0.1, -0.05) is 42.5 Å². The summed E-state index contributed by atoms with van der Waals surface area (Å²) in [6.45, 7) is 2.66. The first-order valence-electron chi connectivity index (χ1n) is 8.75. The highest BCUT2D eigenvalue weighted by Crippen LogP contribution is 2.11. The second-order valence-electron chi connectivity index (χ2n) is 5.97. The number of amides is 1. The smallest absolute Gasteiger partial charge is 0.325 e. The van der Waals surface area contributed by atoms with Crippen molar-refractivity contribution in [1.29, 1.82) is 0 Å². The molecule has 0 aliphatic rings. The third-order valence-electron chi connectivity index (χ3n) is 3.99. The Morgan fingerprint density at radius 1 is 0.963 bits per heavy atom. The molecule has 27 heavy (non-hydrogen) atoms. The van der Waals surface area contributed by atoms with Crippen LogP contribution >= 0.6 is 0 Å². The number of ether oxygens (including phenoxy) is 3. The van der Waals surface area contributed by atoms with Crippen LogP contribution in [0.2, 0.25) is 0 Å². The molecule has 0 bridgehead atoms. The Hall–Kier alpha value is -2.86. The van der Waals surface area contributed by atoms with Crippen molar-refractivity contribution >= 4 is 11.9 Å². The third kappa shape index (κ3) is 7.11. The van der Waals surface area contributed by atoms with Gasteiger partial charge in [-0.25, -0.2) is 0 Å². The summed E-state index contributed by atoms with van der Waals surface area (Å²) in [6.07, 6.45) is 0. The minimum atomic E-state index is -0.468. The molecule has 0 N–H and O–H groups in total. The molecule has 0 aliphatic heterocycles. The van der Waals surface area contributed by atoms with Gasteiger partial charge in [0.15, 0.2) is 0 Å². The van der Waals surface area contributed by atoms with Gasteiger partial charge in [0.25, 0.3) is 0 Å². The zero-order valence-electron chi connectivity index (χ0n) is 15.7. The molecule has 0 atom stereocenters. The summed E-state index contributed by atoms with van der Waals surface area (Å²) < 4.78 is 15.6.